The molecule has 2 heterocycles. The minimum Gasteiger partial charge on any atom is -0.508 e. The molecular weight excluding hydrogens is 266 g/mol. The van der Waals surface area contributed by atoms with Crippen molar-refractivity contribution in [1.82, 2.24) is 4.90 Å². The molecule has 0 atom stereocenters. The zero-order chi connectivity index (χ0) is 14.8. The first kappa shape index (κ1) is 14.1. The van der Waals surface area contributed by atoms with E-state index in [9.17, 15) is 9.90 Å². The predicted molar refractivity (Wildman–Crippen MR) is 82.7 cm³/mol. The summed E-state index contributed by atoms with van der Waals surface area (Å²) in [4.78, 5) is 14.1. The van der Waals surface area contributed by atoms with Crippen molar-refractivity contribution in [2.75, 3.05) is 13.1 Å². The summed E-state index contributed by atoms with van der Waals surface area (Å²) in [6, 6.07) is 5.11. The quantitative estimate of drug-likeness (QED) is 0.882. The number of hydrogen-bond donors (Lipinski definition) is 1. The van der Waals surface area contributed by atoms with Crippen LogP contribution in [0.15, 0.2) is 27.4 Å². The van der Waals surface area contributed by atoms with E-state index < -0.39 is 0 Å². The van der Waals surface area contributed by atoms with Gasteiger partial charge in [0.15, 0.2) is 0 Å². The summed E-state index contributed by atoms with van der Waals surface area (Å²) in [6.07, 6.45) is 4.49. The zero-order valence-electron chi connectivity index (χ0n) is 12.4. The van der Waals surface area contributed by atoms with Gasteiger partial charge < -0.3 is 9.52 Å². The SMILES string of the molecule is CCc1cc2c(CN3CCCCC3)cc(=O)oc2cc1O. The highest BCUT2D eigenvalue weighted by Crippen LogP contribution is 2.27. The summed E-state index contributed by atoms with van der Waals surface area (Å²) >= 11 is 0. The highest BCUT2D eigenvalue weighted by molar-refractivity contribution is 5.82. The third kappa shape index (κ3) is 2.95. The third-order valence-corrected chi connectivity index (χ3v) is 4.25. The average molecular weight is 287 g/mol. The maximum atomic E-state index is 11.7. The molecule has 1 aromatic heterocycles. The molecule has 1 aliphatic heterocycles. The van der Waals surface area contributed by atoms with E-state index in [-0.39, 0.29) is 11.4 Å². The fourth-order valence-electron chi connectivity index (χ4n) is 3.08. The van der Waals surface area contributed by atoms with Gasteiger partial charge in [0.05, 0.1) is 0 Å². The van der Waals surface area contributed by atoms with Gasteiger partial charge in [0.25, 0.3) is 0 Å². The van der Waals surface area contributed by atoms with Gasteiger partial charge in [-0.3, -0.25) is 4.90 Å². The smallest absolute Gasteiger partial charge is 0.336 e. The molecule has 21 heavy (non-hydrogen) atoms. The number of phenols is 1. The molecule has 1 fully saturated rings. The van der Waals surface area contributed by atoms with Crippen LogP contribution in [-0.4, -0.2) is 23.1 Å². The largest absolute Gasteiger partial charge is 0.508 e. The molecule has 0 radical (unpaired) electrons. The van der Waals surface area contributed by atoms with Crippen molar-refractivity contribution >= 4 is 11.0 Å². The fraction of sp³-hybridized carbons (Fsp3) is 0.471. The van der Waals surface area contributed by atoms with Crippen LogP contribution >= 0.6 is 0 Å². The molecule has 0 spiro atoms. The number of rotatable bonds is 3. The van der Waals surface area contributed by atoms with Crippen LogP contribution in [-0.2, 0) is 13.0 Å². The number of hydrogen-bond acceptors (Lipinski definition) is 4. The monoisotopic (exact) mass is 287 g/mol. The van der Waals surface area contributed by atoms with E-state index in [2.05, 4.69) is 4.90 Å². The molecule has 0 saturated carbocycles. The Bertz CT molecular complexity index is 699. The molecule has 0 aliphatic carbocycles. The molecule has 4 heteroatoms. The topological polar surface area (TPSA) is 53.7 Å². The van der Waals surface area contributed by atoms with Gasteiger partial charge in [-0.25, -0.2) is 4.79 Å². The van der Waals surface area contributed by atoms with Crippen LogP contribution in [0, 0.1) is 0 Å². The summed E-state index contributed by atoms with van der Waals surface area (Å²) in [5.41, 5.74) is 2.01. The zero-order valence-corrected chi connectivity index (χ0v) is 12.4. The number of fused-ring (bicyclic) bond motifs is 1. The number of piperidine rings is 1. The predicted octanol–water partition coefficient (Wildman–Crippen LogP) is 3.05. The van der Waals surface area contributed by atoms with E-state index in [0.29, 0.717) is 5.58 Å². The van der Waals surface area contributed by atoms with Crippen molar-refractivity contribution in [3.05, 3.63) is 39.7 Å². The normalized spacial score (nSPS) is 16.4. The first-order valence-electron chi connectivity index (χ1n) is 7.68. The maximum Gasteiger partial charge on any atom is 0.336 e. The number of likely N-dealkylation sites (tertiary alicyclic amines) is 1. The van der Waals surface area contributed by atoms with E-state index in [1.165, 1.54) is 19.3 Å². The Kier molecular flexibility index (Phi) is 3.97. The molecular formula is C17H21NO3. The number of benzene rings is 1. The van der Waals surface area contributed by atoms with Crippen molar-refractivity contribution in [1.29, 1.82) is 0 Å². The lowest BCUT2D eigenvalue weighted by molar-refractivity contribution is 0.221. The van der Waals surface area contributed by atoms with Gasteiger partial charge in [-0.15, -0.1) is 0 Å². The van der Waals surface area contributed by atoms with Crippen LogP contribution in [0.4, 0.5) is 0 Å². The fourth-order valence-corrected chi connectivity index (χ4v) is 3.08. The lowest BCUT2D eigenvalue weighted by Crippen LogP contribution is -2.29. The van der Waals surface area contributed by atoms with Crippen LogP contribution in [0.1, 0.15) is 37.3 Å². The first-order valence-corrected chi connectivity index (χ1v) is 7.68. The Labute approximate surface area is 124 Å². The van der Waals surface area contributed by atoms with Gasteiger partial charge in [-0.05, 0) is 49.5 Å². The van der Waals surface area contributed by atoms with E-state index in [4.69, 9.17) is 4.42 Å². The Morgan fingerprint density at radius 3 is 2.62 bits per heavy atom. The summed E-state index contributed by atoms with van der Waals surface area (Å²) < 4.78 is 5.24. The third-order valence-electron chi connectivity index (χ3n) is 4.25. The Morgan fingerprint density at radius 2 is 1.90 bits per heavy atom. The van der Waals surface area contributed by atoms with Gasteiger partial charge in [0.2, 0.25) is 0 Å². The second kappa shape index (κ2) is 5.90. The molecule has 0 amide bonds. The van der Waals surface area contributed by atoms with Crippen LogP contribution in [0.2, 0.25) is 0 Å². The molecule has 1 saturated heterocycles. The molecule has 1 N–H and O–H groups in total. The van der Waals surface area contributed by atoms with Crippen LogP contribution in [0.25, 0.3) is 11.0 Å². The minimum atomic E-state index is -0.349. The highest BCUT2D eigenvalue weighted by atomic mass is 16.4. The molecule has 0 unspecified atom stereocenters. The van der Waals surface area contributed by atoms with Gasteiger partial charge >= 0.3 is 5.63 Å². The standard InChI is InChI=1S/C17H21NO3/c1-2-12-8-14-13(11-18-6-4-3-5-7-18)9-17(20)21-16(14)10-15(12)19/h8-10,19H,2-7,11H2,1H3. The maximum absolute atomic E-state index is 11.7. The van der Waals surface area contributed by atoms with Gasteiger partial charge in [-0.2, -0.15) is 0 Å². The molecule has 1 aliphatic rings. The molecule has 0 bridgehead atoms. The number of aromatic hydroxyl groups is 1. The number of nitrogens with zero attached hydrogens (tertiary/aromatic N) is 1. The van der Waals surface area contributed by atoms with E-state index in [1.54, 1.807) is 12.1 Å². The first-order chi connectivity index (χ1) is 10.2. The van der Waals surface area contributed by atoms with Crippen LogP contribution in [0.5, 0.6) is 5.75 Å². The summed E-state index contributed by atoms with van der Waals surface area (Å²) in [5.74, 6) is 0.197. The molecule has 1 aromatic carbocycles. The van der Waals surface area contributed by atoms with Gasteiger partial charge in [0, 0.05) is 24.1 Å². The Hall–Kier alpha value is -1.81. The summed E-state index contributed by atoms with van der Waals surface area (Å²) in [6.45, 7) is 4.95. The van der Waals surface area contributed by atoms with Crippen molar-refractivity contribution in [3.8, 4) is 5.75 Å². The molecule has 2 aromatic rings. The summed E-state index contributed by atoms with van der Waals surface area (Å²) in [7, 11) is 0. The molecule has 3 rings (SSSR count). The summed E-state index contributed by atoms with van der Waals surface area (Å²) in [5, 5.41) is 10.9. The van der Waals surface area contributed by atoms with Crippen molar-refractivity contribution in [3.63, 3.8) is 0 Å². The Morgan fingerprint density at radius 1 is 1.14 bits per heavy atom. The second-order valence-corrected chi connectivity index (χ2v) is 5.76. The lowest BCUT2D eigenvalue weighted by Gasteiger charge is -2.26. The number of phenolic OH excluding ortho intramolecular Hbond substituents is 1. The second-order valence-electron chi connectivity index (χ2n) is 5.76. The van der Waals surface area contributed by atoms with Gasteiger partial charge in [-0.1, -0.05) is 13.3 Å². The van der Waals surface area contributed by atoms with Gasteiger partial charge in [0.1, 0.15) is 11.3 Å². The Balaban J connectivity index is 2.05. The van der Waals surface area contributed by atoms with Crippen molar-refractivity contribution < 1.29 is 9.52 Å². The van der Waals surface area contributed by atoms with Crippen molar-refractivity contribution in [2.24, 2.45) is 0 Å². The highest BCUT2D eigenvalue weighted by Gasteiger charge is 2.15. The van der Waals surface area contributed by atoms with E-state index >= 15 is 0 Å². The van der Waals surface area contributed by atoms with E-state index in [1.807, 2.05) is 13.0 Å². The minimum absolute atomic E-state index is 0.197. The van der Waals surface area contributed by atoms with Crippen molar-refractivity contribution in [2.45, 2.75) is 39.2 Å². The molecule has 112 valence electrons. The van der Waals surface area contributed by atoms with Crippen LogP contribution < -0.4 is 5.63 Å². The lowest BCUT2D eigenvalue weighted by atomic mass is 10.0. The van der Waals surface area contributed by atoms with Crippen LogP contribution in [0.3, 0.4) is 0 Å². The average Bonchev–Trinajstić information content (AvgIpc) is 2.47. The van der Waals surface area contributed by atoms with E-state index in [0.717, 1.165) is 42.6 Å². The number of aryl methyl sites for hydroxylation is 1. The molecule has 4 nitrogen and oxygen atoms in total.